The van der Waals surface area contributed by atoms with E-state index in [2.05, 4.69) is 20.0 Å². The SMILES string of the molecule is COC(=O)CNC(=O)N(Cc1ccccc1)c1ncccn1. The molecule has 2 aromatic rings. The number of carbonyl (C=O) groups is 2. The highest BCUT2D eigenvalue weighted by Crippen LogP contribution is 2.11. The maximum Gasteiger partial charge on any atom is 0.325 e. The minimum absolute atomic E-state index is 0.215. The van der Waals surface area contributed by atoms with Crippen LogP contribution in [0.3, 0.4) is 0 Å². The molecule has 0 unspecified atom stereocenters. The number of anilines is 1. The molecule has 7 nitrogen and oxygen atoms in total. The Labute approximate surface area is 127 Å². The van der Waals surface area contributed by atoms with Crippen LogP contribution in [0.4, 0.5) is 10.7 Å². The van der Waals surface area contributed by atoms with Crippen LogP contribution in [0.1, 0.15) is 5.56 Å². The standard InChI is InChI=1S/C15H16N4O3/c1-22-13(20)10-18-15(21)19(14-16-8-5-9-17-14)11-12-6-3-2-4-7-12/h2-9H,10-11H2,1H3,(H,18,21). The molecule has 1 aromatic carbocycles. The van der Waals surface area contributed by atoms with Crippen LogP contribution in [0.25, 0.3) is 0 Å². The number of benzene rings is 1. The zero-order chi connectivity index (χ0) is 15.8. The van der Waals surface area contributed by atoms with E-state index in [0.717, 1.165) is 5.56 Å². The number of urea groups is 1. The Bertz CT molecular complexity index is 619. The second kappa shape index (κ2) is 7.72. The van der Waals surface area contributed by atoms with Crippen molar-refractivity contribution in [3.63, 3.8) is 0 Å². The Balaban J connectivity index is 2.15. The van der Waals surface area contributed by atoms with Crippen LogP contribution in [0.15, 0.2) is 48.8 Å². The van der Waals surface area contributed by atoms with Gasteiger partial charge in [-0.15, -0.1) is 0 Å². The molecule has 0 aliphatic heterocycles. The Morgan fingerprint density at radius 3 is 2.45 bits per heavy atom. The summed E-state index contributed by atoms with van der Waals surface area (Å²) in [5.41, 5.74) is 0.920. The second-order valence-corrected chi connectivity index (χ2v) is 4.36. The molecule has 2 rings (SSSR count). The van der Waals surface area contributed by atoms with Crippen molar-refractivity contribution in [3.05, 3.63) is 54.4 Å². The number of nitrogens with zero attached hydrogens (tertiary/aromatic N) is 3. The fraction of sp³-hybridized carbons (Fsp3) is 0.200. The zero-order valence-corrected chi connectivity index (χ0v) is 12.1. The van der Waals surface area contributed by atoms with Crippen LogP contribution in [-0.4, -0.2) is 35.6 Å². The summed E-state index contributed by atoms with van der Waals surface area (Å²) in [6, 6.07) is 10.6. The van der Waals surface area contributed by atoms with E-state index in [1.165, 1.54) is 12.0 Å². The van der Waals surface area contributed by atoms with Gasteiger partial charge >= 0.3 is 12.0 Å². The predicted octanol–water partition coefficient (Wildman–Crippen LogP) is 1.37. The van der Waals surface area contributed by atoms with Gasteiger partial charge in [0.2, 0.25) is 5.95 Å². The lowest BCUT2D eigenvalue weighted by Gasteiger charge is -2.20. The Morgan fingerprint density at radius 1 is 1.14 bits per heavy atom. The van der Waals surface area contributed by atoms with Crippen LogP contribution < -0.4 is 10.2 Å². The van der Waals surface area contributed by atoms with Crippen molar-refractivity contribution >= 4 is 17.9 Å². The number of nitrogens with one attached hydrogen (secondary N) is 1. The monoisotopic (exact) mass is 300 g/mol. The van der Waals surface area contributed by atoms with Gasteiger partial charge in [0.15, 0.2) is 0 Å². The van der Waals surface area contributed by atoms with Crippen LogP contribution in [-0.2, 0) is 16.1 Å². The zero-order valence-electron chi connectivity index (χ0n) is 12.1. The van der Waals surface area contributed by atoms with Crippen LogP contribution in [0.2, 0.25) is 0 Å². The quantitative estimate of drug-likeness (QED) is 0.843. The summed E-state index contributed by atoms with van der Waals surface area (Å²) in [6.07, 6.45) is 3.10. The first-order chi connectivity index (χ1) is 10.7. The molecule has 0 fully saturated rings. The van der Waals surface area contributed by atoms with Crippen molar-refractivity contribution in [2.24, 2.45) is 0 Å². The summed E-state index contributed by atoms with van der Waals surface area (Å²) in [7, 11) is 1.26. The Morgan fingerprint density at radius 2 is 1.82 bits per heavy atom. The molecule has 0 aliphatic rings. The van der Waals surface area contributed by atoms with Gasteiger partial charge in [-0.05, 0) is 11.6 Å². The molecule has 114 valence electrons. The summed E-state index contributed by atoms with van der Waals surface area (Å²) < 4.78 is 4.50. The van der Waals surface area contributed by atoms with E-state index < -0.39 is 12.0 Å². The van der Waals surface area contributed by atoms with E-state index in [1.807, 2.05) is 30.3 Å². The molecule has 7 heteroatoms. The normalized spacial score (nSPS) is 9.86. The molecule has 0 radical (unpaired) electrons. The van der Waals surface area contributed by atoms with E-state index in [1.54, 1.807) is 18.5 Å². The molecule has 2 amide bonds. The number of ether oxygens (including phenoxy) is 1. The number of hydrogen-bond donors (Lipinski definition) is 1. The third-order valence-electron chi connectivity index (χ3n) is 2.83. The number of carbonyl (C=O) groups excluding carboxylic acids is 2. The van der Waals surface area contributed by atoms with E-state index in [-0.39, 0.29) is 19.0 Å². The first-order valence-corrected chi connectivity index (χ1v) is 6.64. The lowest BCUT2D eigenvalue weighted by Crippen LogP contribution is -2.42. The topological polar surface area (TPSA) is 84.4 Å². The van der Waals surface area contributed by atoms with Gasteiger partial charge in [-0.2, -0.15) is 0 Å². The second-order valence-electron chi connectivity index (χ2n) is 4.36. The highest BCUT2D eigenvalue weighted by atomic mass is 16.5. The largest absolute Gasteiger partial charge is 0.468 e. The number of aromatic nitrogens is 2. The minimum Gasteiger partial charge on any atom is -0.468 e. The first-order valence-electron chi connectivity index (χ1n) is 6.64. The summed E-state index contributed by atoms with van der Waals surface area (Å²) >= 11 is 0. The number of methoxy groups -OCH3 is 1. The number of rotatable bonds is 5. The summed E-state index contributed by atoms with van der Waals surface area (Å²) in [4.78, 5) is 33.0. The van der Waals surface area contributed by atoms with E-state index in [4.69, 9.17) is 0 Å². The number of hydrogen-bond acceptors (Lipinski definition) is 5. The van der Waals surface area contributed by atoms with Crippen molar-refractivity contribution in [1.29, 1.82) is 0 Å². The lowest BCUT2D eigenvalue weighted by atomic mass is 10.2. The van der Waals surface area contributed by atoms with Crippen molar-refractivity contribution in [2.45, 2.75) is 6.54 Å². The molecule has 1 N–H and O–H groups in total. The average molecular weight is 300 g/mol. The fourth-order valence-electron chi connectivity index (χ4n) is 1.75. The molecule has 0 spiro atoms. The Kier molecular flexibility index (Phi) is 5.42. The van der Waals surface area contributed by atoms with Crippen molar-refractivity contribution < 1.29 is 14.3 Å². The van der Waals surface area contributed by atoms with Crippen molar-refractivity contribution in [3.8, 4) is 0 Å². The molecule has 0 aliphatic carbocycles. The fourth-order valence-corrected chi connectivity index (χ4v) is 1.75. The van der Waals surface area contributed by atoms with Gasteiger partial charge in [0.05, 0.1) is 13.7 Å². The third-order valence-corrected chi connectivity index (χ3v) is 2.83. The maximum atomic E-state index is 12.3. The van der Waals surface area contributed by atoms with Gasteiger partial charge in [-0.1, -0.05) is 30.3 Å². The summed E-state index contributed by atoms with van der Waals surface area (Å²) in [5.74, 6) is -0.268. The van der Waals surface area contributed by atoms with Crippen LogP contribution in [0.5, 0.6) is 0 Å². The van der Waals surface area contributed by atoms with E-state index >= 15 is 0 Å². The molecule has 22 heavy (non-hydrogen) atoms. The van der Waals surface area contributed by atoms with Gasteiger partial charge in [-0.3, -0.25) is 9.69 Å². The molecular weight excluding hydrogens is 284 g/mol. The van der Waals surface area contributed by atoms with Gasteiger partial charge in [0.25, 0.3) is 0 Å². The van der Waals surface area contributed by atoms with Crippen molar-refractivity contribution in [1.82, 2.24) is 15.3 Å². The Hall–Kier alpha value is -2.96. The molecule has 0 bridgehead atoms. The van der Waals surface area contributed by atoms with Crippen LogP contribution in [0, 0.1) is 0 Å². The molecular formula is C15H16N4O3. The predicted molar refractivity (Wildman–Crippen MR) is 80.1 cm³/mol. The minimum atomic E-state index is -0.526. The summed E-state index contributed by atoms with van der Waals surface area (Å²) in [5, 5.41) is 2.48. The first kappa shape index (κ1) is 15.4. The van der Waals surface area contributed by atoms with Gasteiger partial charge < -0.3 is 10.1 Å². The number of amides is 2. The number of esters is 1. The van der Waals surface area contributed by atoms with E-state index in [0.29, 0.717) is 0 Å². The smallest absolute Gasteiger partial charge is 0.325 e. The lowest BCUT2D eigenvalue weighted by molar-refractivity contribution is -0.139. The molecule has 0 saturated heterocycles. The maximum absolute atomic E-state index is 12.3. The molecule has 0 atom stereocenters. The highest BCUT2D eigenvalue weighted by molar-refractivity contribution is 5.92. The highest BCUT2D eigenvalue weighted by Gasteiger charge is 2.19. The average Bonchev–Trinajstić information content (AvgIpc) is 2.59. The molecule has 0 saturated carbocycles. The summed E-state index contributed by atoms with van der Waals surface area (Å²) in [6.45, 7) is 0.0747. The van der Waals surface area contributed by atoms with E-state index in [9.17, 15) is 9.59 Å². The van der Waals surface area contributed by atoms with Crippen molar-refractivity contribution in [2.75, 3.05) is 18.6 Å². The van der Waals surface area contributed by atoms with Gasteiger partial charge in [0, 0.05) is 12.4 Å². The van der Waals surface area contributed by atoms with Gasteiger partial charge in [0.1, 0.15) is 6.54 Å². The molecule has 1 aromatic heterocycles. The van der Waals surface area contributed by atoms with Gasteiger partial charge in [-0.25, -0.2) is 14.8 Å². The van der Waals surface area contributed by atoms with Crippen LogP contribution >= 0.6 is 0 Å². The third kappa shape index (κ3) is 4.27. The molecule has 1 heterocycles.